The highest BCUT2D eigenvalue weighted by molar-refractivity contribution is 7.90. The molecule has 10 nitrogen and oxygen atoms in total. The van der Waals surface area contributed by atoms with Gasteiger partial charge in [0.05, 0.1) is 42.8 Å². The Balaban J connectivity index is 1.51. The number of aromatic nitrogens is 2. The molecule has 0 aliphatic carbocycles. The van der Waals surface area contributed by atoms with Crippen molar-refractivity contribution in [1.82, 2.24) is 25.9 Å². The lowest BCUT2D eigenvalue weighted by atomic mass is 10.0. The van der Waals surface area contributed by atoms with E-state index >= 15 is 0 Å². The first-order chi connectivity index (χ1) is 18.8. The maximum atomic E-state index is 14.1. The number of nitrogens with zero attached hydrogens (tertiary/aromatic N) is 4. The van der Waals surface area contributed by atoms with Gasteiger partial charge in [-0.15, -0.1) is 0 Å². The number of hydrogen-bond acceptors (Lipinski definition) is 9. The van der Waals surface area contributed by atoms with Gasteiger partial charge in [-0.25, -0.2) is 22.9 Å². The standard InChI is InChI=1S/C27H30FN7O3S/c1-38-35-17-26-24(14-23(35)8-9-29-10-11-39(2,36)37)27(31-18-30-26)34(16-19-4-3-5-21(28)12-19)22-6-7-25-20(13-22)15-32-33-25/h3-7,12-15,17-18,29H,8-11,16H2,1-2H3,(H,30,31)(H,32,33). The number of nitrogens with one attached hydrogen (secondary N) is 3. The van der Waals surface area contributed by atoms with E-state index in [1.807, 2.05) is 41.4 Å². The molecular weight excluding hydrogens is 521 g/mol. The number of H-pyrrole nitrogens is 1. The largest absolute Gasteiger partial charge is 0.344 e. The Morgan fingerprint density at radius 3 is 2.85 bits per heavy atom. The zero-order valence-electron chi connectivity index (χ0n) is 21.7. The van der Waals surface area contributed by atoms with Crippen molar-refractivity contribution in [3.63, 3.8) is 0 Å². The number of aromatic amines is 1. The van der Waals surface area contributed by atoms with Crippen LogP contribution in [0.2, 0.25) is 0 Å². The van der Waals surface area contributed by atoms with Crippen LogP contribution in [-0.4, -0.2) is 62.2 Å². The van der Waals surface area contributed by atoms with E-state index in [-0.39, 0.29) is 11.6 Å². The lowest BCUT2D eigenvalue weighted by Crippen LogP contribution is -2.33. The molecule has 0 saturated carbocycles. The number of hydroxylamine groups is 2. The molecule has 0 spiro atoms. The van der Waals surface area contributed by atoms with Crippen LogP contribution < -0.4 is 15.5 Å². The number of fused-ring (bicyclic) bond motifs is 2. The quantitative estimate of drug-likeness (QED) is 0.312. The normalized spacial score (nSPS) is 15.2. The van der Waals surface area contributed by atoms with E-state index in [1.165, 1.54) is 18.4 Å². The van der Waals surface area contributed by atoms with Crippen LogP contribution in [0.5, 0.6) is 0 Å². The monoisotopic (exact) mass is 551 g/mol. The number of hydrogen-bond donors (Lipinski definition) is 3. The number of aliphatic imine (C=N–C) groups is 1. The lowest BCUT2D eigenvalue weighted by Gasteiger charge is -2.33. The molecule has 5 rings (SSSR count). The molecule has 3 heterocycles. The average Bonchev–Trinajstić information content (AvgIpc) is 3.38. The third-order valence-electron chi connectivity index (χ3n) is 6.40. The van der Waals surface area contributed by atoms with Gasteiger partial charge in [0.15, 0.2) is 0 Å². The number of benzene rings is 2. The van der Waals surface area contributed by atoms with E-state index in [2.05, 4.69) is 20.8 Å². The van der Waals surface area contributed by atoms with Gasteiger partial charge in [-0.2, -0.15) is 5.10 Å². The lowest BCUT2D eigenvalue weighted by molar-refractivity contribution is -0.0609. The van der Waals surface area contributed by atoms with Crippen molar-refractivity contribution in [3.05, 3.63) is 95.1 Å². The first kappa shape index (κ1) is 26.6. The van der Waals surface area contributed by atoms with Crippen LogP contribution in [0.25, 0.3) is 10.9 Å². The summed E-state index contributed by atoms with van der Waals surface area (Å²) in [5.74, 6) is 0.461. The molecule has 3 N–H and O–H groups in total. The zero-order chi connectivity index (χ0) is 27.4. The van der Waals surface area contributed by atoms with Crippen LogP contribution in [0.1, 0.15) is 12.0 Å². The number of anilines is 1. The molecule has 39 heavy (non-hydrogen) atoms. The summed E-state index contributed by atoms with van der Waals surface area (Å²) in [6.45, 7) is 1.32. The molecule has 2 aliphatic rings. The first-order valence-corrected chi connectivity index (χ1v) is 14.5. The van der Waals surface area contributed by atoms with Crippen molar-refractivity contribution in [1.29, 1.82) is 0 Å². The second-order valence-electron chi connectivity index (χ2n) is 9.31. The minimum absolute atomic E-state index is 0.0775. The number of sulfone groups is 1. The molecule has 204 valence electrons. The number of rotatable bonds is 11. The summed E-state index contributed by atoms with van der Waals surface area (Å²) >= 11 is 0. The van der Waals surface area contributed by atoms with Crippen molar-refractivity contribution >= 4 is 32.8 Å². The summed E-state index contributed by atoms with van der Waals surface area (Å²) in [4.78, 5) is 12.4. The molecular formula is C27H30FN7O3S. The molecule has 0 bridgehead atoms. The summed E-state index contributed by atoms with van der Waals surface area (Å²) in [6, 6.07) is 12.5. The summed E-state index contributed by atoms with van der Waals surface area (Å²) < 4.78 is 37.0. The second kappa shape index (κ2) is 11.4. The Morgan fingerprint density at radius 2 is 2.05 bits per heavy atom. The molecule has 1 aromatic heterocycles. The highest BCUT2D eigenvalue weighted by atomic mass is 32.2. The highest BCUT2D eigenvalue weighted by Gasteiger charge is 2.26. The van der Waals surface area contributed by atoms with Gasteiger partial charge in [0.2, 0.25) is 0 Å². The van der Waals surface area contributed by atoms with Crippen molar-refractivity contribution in [3.8, 4) is 0 Å². The third kappa shape index (κ3) is 6.36. The third-order valence-corrected chi connectivity index (χ3v) is 7.35. The molecule has 0 atom stereocenters. The van der Waals surface area contributed by atoms with Crippen LogP contribution in [0.3, 0.4) is 0 Å². The zero-order valence-corrected chi connectivity index (χ0v) is 22.5. The van der Waals surface area contributed by atoms with Gasteiger partial charge in [-0.05, 0) is 42.0 Å². The average molecular weight is 552 g/mol. The van der Waals surface area contributed by atoms with E-state index in [4.69, 9.17) is 9.83 Å². The van der Waals surface area contributed by atoms with Gasteiger partial charge >= 0.3 is 0 Å². The first-order valence-electron chi connectivity index (χ1n) is 12.4. The Labute approximate surface area is 226 Å². The molecule has 12 heteroatoms. The minimum atomic E-state index is -3.03. The predicted octanol–water partition coefficient (Wildman–Crippen LogP) is 3.18. The molecule has 3 aromatic rings. The van der Waals surface area contributed by atoms with E-state index < -0.39 is 9.84 Å². The number of halogens is 1. The Kier molecular flexibility index (Phi) is 7.77. The smallest absolute Gasteiger partial charge is 0.148 e. The fourth-order valence-corrected chi connectivity index (χ4v) is 5.00. The SMILES string of the molecule is CON1C=C2NC=NC(N(Cc3cccc(F)c3)c3ccc4[nH]ncc4c3)=C2C=C1CCNCCS(C)(=O)=O. The Bertz CT molecular complexity index is 1590. The molecule has 0 fully saturated rings. The van der Waals surface area contributed by atoms with Crippen molar-refractivity contribution in [2.45, 2.75) is 13.0 Å². The van der Waals surface area contributed by atoms with Crippen LogP contribution in [0.4, 0.5) is 10.1 Å². The van der Waals surface area contributed by atoms with E-state index in [9.17, 15) is 12.8 Å². The van der Waals surface area contributed by atoms with E-state index in [1.54, 1.807) is 30.8 Å². The topological polar surface area (TPSA) is 115 Å². The van der Waals surface area contributed by atoms with Gasteiger partial charge in [0, 0.05) is 54.7 Å². The number of allylic oxidation sites excluding steroid dienone is 1. The molecule has 0 radical (unpaired) electrons. The summed E-state index contributed by atoms with van der Waals surface area (Å²) in [6.07, 6.45) is 9.06. The molecule has 0 saturated heterocycles. The fourth-order valence-electron chi connectivity index (χ4n) is 4.48. The van der Waals surface area contributed by atoms with Crippen molar-refractivity contribution < 1.29 is 17.6 Å². The van der Waals surface area contributed by atoms with E-state index in [0.29, 0.717) is 31.9 Å². The Hall–Kier alpha value is -4.00. The Morgan fingerprint density at radius 1 is 1.18 bits per heavy atom. The van der Waals surface area contributed by atoms with Crippen LogP contribution >= 0.6 is 0 Å². The predicted molar refractivity (Wildman–Crippen MR) is 150 cm³/mol. The molecule has 0 unspecified atom stereocenters. The van der Waals surface area contributed by atoms with Gasteiger partial charge in [0.1, 0.15) is 21.5 Å². The van der Waals surface area contributed by atoms with Gasteiger partial charge in [0.25, 0.3) is 0 Å². The molecule has 2 aliphatic heterocycles. The van der Waals surface area contributed by atoms with Crippen LogP contribution in [0, 0.1) is 5.82 Å². The summed E-state index contributed by atoms with van der Waals surface area (Å²) in [5.41, 5.74) is 5.10. The van der Waals surface area contributed by atoms with Gasteiger partial charge < -0.3 is 15.5 Å². The van der Waals surface area contributed by atoms with Crippen LogP contribution in [-0.2, 0) is 21.2 Å². The van der Waals surface area contributed by atoms with Crippen LogP contribution in [0.15, 0.2) is 88.7 Å². The van der Waals surface area contributed by atoms with E-state index in [0.717, 1.165) is 39.1 Å². The minimum Gasteiger partial charge on any atom is -0.344 e. The maximum absolute atomic E-state index is 14.1. The van der Waals surface area contributed by atoms with Gasteiger partial charge in [-0.1, -0.05) is 12.1 Å². The fraction of sp³-hybridized carbons (Fsp3) is 0.259. The van der Waals surface area contributed by atoms with Crippen molar-refractivity contribution in [2.75, 3.05) is 37.1 Å². The molecule has 2 aromatic carbocycles. The van der Waals surface area contributed by atoms with Gasteiger partial charge in [-0.3, -0.25) is 9.94 Å². The maximum Gasteiger partial charge on any atom is 0.148 e. The summed E-state index contributed by atoms with van der Waals surface area (Å²) in [5, 5.41) is 16.1. The van der Waals surface area contributed by atoms with Crippen molar-refractivity contribution in [2.24, 2.45) is 4.99 Å². The summed E-state index contributed by atoms with van der Waals surface area (Å²) in [7, 11) is -1.44. The highest BCUT2D eigenvalue weighted by Crippen LogP contribution is 2.34. The molecule has 0 amide bonds. The second-order valence-corrected chi connectivity index (χ2v) is 11.6.